The van der Waals surface area contributed by atoms with Crippen LogP contribution in [0.1, 0.15) is 51.7 Å². The third kappa shape index (κ3) is 2.54. The maximum absolute atomic E-state index is 10.2. The molecule has 2 atom stereocenters. The summed E-state index contributed by atoms with van der Waals surface area (Å²) in [6, 6.07) is 8.96. The van der Waals surface area contributed by atoms with Gasteiger partial charge in [-0.05, 0) is 31.2 Å². The summed E-state index contributed by atoms with van der Waals surface area (Å²) >= 11 is 0. The molecule has 1 aromatic carbocycles. The van der Waals surface area contributed by atoms with Crippen LogP contribution in [0.15, 0.2) is 24.3 Å². The lowest BCUT2D eigenvalue weighted by Gasteiger charge is -2.32. The van der Waals surface area contributed by atoms with E-state index in [0.717, 1.165) is 18.5 Å². The molecule has 0 saturated carbocycles. The summed E-state index contributed by atoms with van der Waals surface area (Å²) in [5.41, 5.74) is 2.33. The second-order valence-corrected chi connectivity index (χ2v) is 5.63. The van der Waals surface area contributed by atoms with Crippen molar-refractivity contribution in [3.05, 3.63) is 29.8 Å². The fraction of sp³-hybridized carbons (Fsp3) is 0.625. The lowest BCUT2D eigenvalue weighted by atomic mass is 9.99. The van der Waals surface area contributed by atoms with Crippen LogP contribution in [0.2, 0.25) is 0 Å². The van der Waals surface area contributed by atoms with Gasteiger partial charge in [0.1, 0.15) is 0 Å². The number of hydrogen-bond donors (Lipinski definition) is 1. The number of rotatable bonds is 4. The van der Waals surface area contributed by atoms with Crippen LogP contribution >= 0.6 is 0 Å². The summed E-state index contributed by atoms with van der Waals surface area (Å²) in [4.78, 5) is 2.50. The zero-order chi connectivity index (χ0) is 13.1. The van der Waals surface area contributed by atoms with E-state index >= 15 is 0 Å². The first kappa shape index (κ1) is 13.4. The number of anilines is 1. The third-order valence-electron chi connectivity index (χ3n) is 4.06. The molecule has 1 aliphatic rings. The first-order valence-electron chi connectivity index (χ1n) is 7.18. The molecule has 100 valence electrons. The lowest BCUT2D eigenvalue weighted by Crippen LogP contribution is -2.34. The van der Waals surface area contributed by atoms with Gasteiger partial charge in [-0.2, -0.15) is 0 Å². The van der Waals surface area contributed by atoms with Gasteiger partial charge in [0, 0.05) is 23.8 Å². The van der Waals surface area contributed by atoms with E-state index in [2.05, 4.69) is 36.9 Å². The Morgan fingerprint density at radius 1 is 1.33 bits per heavy atom. The number of para-hydroxylation sites is 1. The maximum atomic E-state index is 10.2. The Labute approximate surface area is 111 Å². The van der Waals surface area contributed by atoms with Crippen molar-refractivity contribution in [2.24, 2.45) is 5.92 Å². The zero-order valence-corrected chi connectivity index (χ0v) is 11.8. The minimum atomic E-state index is -0.338. The highest BCUT2D eigenvalue weighted by Gasteiger charge is 2.29. The molecule has 2 heteroatoms. The summed E-state index contributed by atoms with van der Waals surface area (Å²) in [5.74, 6) is 0.666. The SMILES string of the molecule is CC[C@@H](O)c1ccccc1N1CCCC1C(C)C. The molecule has 0 spiro atoms. The normalized spacial score (nSPS) is 21.6. The van der Waals surface area contributed by atoms with E-state index in [1.54, 1.807) is 0 Å². The molecular weight excluding hydrogens is 222 g/mol. The molecular formula is C16H25NO. The number of benzene rings is 1. The Hall–Kier alpha value is -1.02. The molecule has 1 fully saturated rings. The minimum Gasteiger partial charge on any atom is -0.388 e. The Kier molecular flexibility index (Phi) is 4.28. The fourth-order valence-corrected chi connectivity index (χ4v) is 3.04. The first-order valence-corrected chi connectivity index (χ1v) is 7.18. The molecule has 0 aromatic heterocycles. The lowest BCUT2D eigenvalue weighted by molar-refractivity contribution is 0.174. The van der Waals surface area contributed by atoms with Crippen molar-refractivity contribution in [2.45, 2.75) is 52.2 Å². The van der Waals surface area contributed by atoms with E-state index < -0.39 is 0 Å². The van der Waals surface area contributed by atoms with E-state index in [-0.39, 0.29) is 6.10 Å². The maximum Gasteiger partial charge on any atom is 0.0807 e. The highest BCUT2D eigenvalue weighted by atomic mass is 16.3. The topological polar surface area (TPSA) is 23.5 Å². The van der Waals surface area contributed by atoms with Crippen molar-refractivity contribution in [2.75, 3.05) is 11.4 Å². The van der Waals surface area contributed by atoms with Crippen molar-refractivity contribution in [3.8, 4) is 0 Å². The third-order valence-corrected chi connectivity index (χ3v) is 4.06. The summed E-state index contributed by atoms with van der Waals surface area (Å²) in [6.45, 7) is 7.74. The quantitative estimate of drug-likeness (QED) is 0.875. The van der Waals surface area contributed by atoms with Crippen LogP contribution in [0.25, 0.3) is 0 Å². The van der Waals surface area contributed by atoms with Crippen LogP contribution in [0, 0.1) is 5.92 Å². The van der Waals surface area contributed by atoms with Gasteiger partial charge in [0.15, 0.2) is 0 Å². The van der Waals surface area contributed by atoms with Gasteiger partial charge in [0.05, 0.1) is 6.10 Å². The molecule has 0 bridgehead atoms. The predicted octanol–water partition coefficient (Wildman–Crippen LogP) is 3.75. The van der Waals surface area contributed by atoms with Crippen LogP contribution in [-0.4, -0.2) is 17.7 Å². The Balaban J connectivity index is 2.32. The van der Waals surface area contributed by atoms with E-state index in [1.165, 1.54) is 18.5 Å². The van der Waals surface area contributed by atoms with E-state index in [9.17, 15) is 5.11 Å². The number of aliphatic hydroxyl groups is 1. The second-order valence-electron chi connectivity index (χ2n) is 5.63. The predicted molar refractivity (Wildman–Crippen MR) is 76.9 cm³/mol. The van der Waals surface area contributed by atoms with Crippen LogP contribution in [0.4, 0.5) is 5.69 Å². The van der Waals surface area contributed by atoms with Gasteiger partial charge in [-0.25, -0.2) is 0 Å². The van der Waals surface area contributed by atoms with Crippen molar-refractivity contribution in [3.63, 3.8) is 0 Å². The molecule has 18 heavy (non-hydrogen) atoms. The van der Waals surface area contributed by atoms with E-state index in [0.29, 0.717) is 12.0 Å². The first-order chi connectivity index (χ1) is 8.65. The molecule has 1 N–H and O–H groups in total. The Bertz CT molecular complexity index is 388. The minimum absolute atomic E-state index is 0.338. The van der Waals surface area contributed by atoms with Gasteiger partial charge >= 0.3 is 0 Å². The number of aliphatic hydroxyl groups excluding tert-OH is 1. The fourth-order valence-electron chi connectivity index (χ4n) is 3.04. The van der Waals surface area contributed by atoms with Gasteiger partial charge in [-0.3, -0.25) is 0 Å². The van der Waals surface area contributed by atoms with Crippen molar-refractivity contribution in [1.29, 1.82) is 0 Å². The van der Waals surface area contributed by atoms with E-state index in [1.807, 2.05) is 13.0 Å². The second kappa shape index (κ2) is 5.75. The summed E-state index contributed by atoms with van der Waals surface area (Å²) in [5, 5.41) is 10.2. The Morgan fingerprint density at radius 2 is 2.06 bits per heavy atom. The summed E-state index contributed by atoms with van der Waals surface area (Å²) in [7, 11) is 0. The molecule has 1 aromatic rings. The van der Waals surface area contributed by atoms with Crippen LogP contribution in [-0.2, 0) is 0 Å². The number of hydrogen-bond acceptors (Lipinski definition) is 2. The molecule has 0 aliphatic carbocycles. The van der Waals surface area contributed by atoms with Crippen LogP contribution in [0.3, 0.4) is 0 Å². The standard InChI is InChI=1S/C16H25NO/c1-4-16(18)13-8-5-6-9-15(13)17-11-7-10-14(17)12(2)3/h5-6,8-9,12,14,16,18H,4,7,10-11H2,1-3H3/t14?,16-/m1/s1. The van der Waals surface area contributed by atoms with Gasteiger partial charge in [0.2, 0.25) is 0 Å². The zero-order valence-electron chi connectivity index (χ0n) is 11.8. The monoisotopic (exact) mass is 247 g/mol. The number of nitrogens with zero attached hydrogens (tertiary/aromatic N) is 1. The summed E-state index contributed by atoms with van der Waals surface area (Å²) < 4.78 is 0. The highest BCUT2D eigenvalue weighted by Crippen LogP contribution is 2.35. The molecule has 2 rings (SSSR count). The van der Waals surface area contributed by atoms with Gasteiger partial charge < -0.3 is 10.0 Å². The molecule has 1 heterocycles. The van der Waals surface area contributed by atoms with Gasteiger partial charge in [-0.1, -0.05) is 39.0 Å². The molecule has 1 unspecified atom stereocenters. The highest BCUT2D eigenvalue weighted by molar-refractivity contribution is 5.56. The molecule has 1 saturated heterocycles. The Morgan fingerprint density at radius 3 is 2.72 bits per heavy atom. The smallest absolute Gasteiger partial charge is 0.0807 e. The van der Waals surface area contributed by atoms with E-state index in [4.69, 9.17) is 0 Å². The molecule has 1 aliphatic heterocycles. The van der Waals surface area contributed by atoms with Crippen LogP contribution < -0.4 is 4.90 Å². The molecule has 0 amide bonds. The van der Waals surface area contributed by atoms with Crippen molar-refractivity contribution >= 4 is 5.69 Å². The molecule has 0 radical (unpaired) electrons. The summed E-state index contributed by atoms with van der Waals surface area (Å²) in [6.07, 6.45) is 2.97. The van der Waals surface area contributed by atoms with Crippen molar-refractivity contribution in [1.82, 2.24) is 0 Å². The average Bonchev–Trinajstić information content (AvgIpc) is 2.87. The largest absolute Gasteiger partial charge is 0.388 e. The van der Waals surface area contributed by atoms with Gasteiger partial charge in [-0.15, -0.1) is 0 Å². The average molecular weight is 247 g/mol. The molecule has 2 nitrogen and oxygen atoms in total. The van der Waals surface area contributed by atoms with Crippen molar-refractivity contribution < 1.29 is 5.11 Å². The van der Waals surface area contributed by atoms with Crippen LogP contribution in [0.5, 0.6) is 0 Å². The van der Waals surface area contributed by atoms with Gasteiger partial charge in [0.25, 0.3) is 0 Å².